The molecule has 0 atom stereocenters. The van der Waals surface area contributed by atoms with Crippen molar-refractivity contribution in [3.63, 3.8) is 0 Å². The molecular weight excluding hydrogens is 168 g/mol. The molecule has 0 aliphatic heterocycles. The number of allylic oxidation sites excluding steroid dienone is 2. The van der Waals surface area contributed by atoms with Crippen molar-refractivity contribution in [2.45, 2.75) is 58.8 Å². The summed E-state index contributed by atoms with van der Waals surface area (Å²) < 4.78 is 0. The lowest BCUT2D eigenvalue weighted by atomic mass is 10.1. The zero-order chi connectivity index (χ0) is 9.23. The zero-order valence-electron chi connectivity index (χ0n) is 8.41. The Balaban J connectivity index is 2.96. The molecule has 0 bridgehead atoms. The molecule has 0 saturated carbocycles. The highest BCUT2D eigenvalue weighted by atomic mass is 35.5. The fourth-order valence-corrected chi connectivity index (χ4v) is 1.33. The van der Waals surface area contributed by atoms with Crippen LogP contribution in [-0.2, 0) is 0 Å². The van der Waals surface area contributed by atoms with Crippen LogP contribution in [0.3, 0.4) is 0 Å². The molecular formula is C11H21Cl. The van der Waals surface area contributed by atoms with Crippen LogP contribution in [0.15, 0.2) is 11.1 Å². The first-order chi connectivity index (χ1) is 5.77. The summed E-state index contributed by atoms with van der Waals surface area (Å²) in [5.41, 5.74) is 0. The van der Waals surface area contributed by atoms with Crippen LogP contribution in [0.5, 0.6) is 0 Å². The highest BCUT2D eigenvalue weighted by Gasteiger charge is 1.88. The maximum absolute atomic E-state index is 5.70. The minimum absolute atomic E-state index is 0.934. The van der Waals surface area contributed by atoms with Gasteiger partial charge in [0, 0.05) is 5.03 Å². The molecule has 0 aromatic carbocycles. The lowest BCUT2D eigenvalue weighted by Crippen LogP contribution is -1.77. The first-order valence-corrected chi connectivity index (χ1v) is 5.47. The van der Waals surface area contributed by atoms with Gasteiger partial charge in [-0.25, -0.2) is 0 Å². The quantitative estimate of drug-likeness (QED) is 0.500. The summed E-state index contributed by atoms with van der Waals surface area (Å²) in [5.74, 6) is 0. The van der Waals surface area contributed by atoms with Gasteiger partial charge in [-0.15, -0.1) is 0 Å². The second-order valence-electron chi connectivity index (χ2n) is 3.35. The molecule has 0 aliphatic carbocycles. The van der Waals surface area contributed by atoms with Gasteiger partial charge in [0.25, 0.3) is 0 Å². The van der Waals surface area contributed by atoms with Gasteiger partial charge in [-0.1, -0.05) is 56.7 Å². The minimum Gasteiger partial charge on any atom is -0.0898 e. The molecule has 0 aliphatic rings. The monoisotopic (exact) mass is 188 g/mol. The van der Waals surface area contributed by atoms with E-state index in [9.17, 15) is 0 Å². The maximum atomic E-state index is 5.70. The molecule has 0 unspecified atom stereocenters. The summed E-state index contributed by atoms with van der Waals surface area (Å²) >= 11 is 5.70. The van der Waals surface area contributed by atoms with Gasteiger partial charge in [-0.3, -0.25) is 0 Å². The molecule has 1 heteroatoms. The Labute approximate surface area is 82.0 Å². The highest BCUT2D eigenvalue weighted by molar-refractivity contribution is 6.29. The molecule has 12 heavy (non-hydrogen) atoms. The predicted octanol–water partition coefficient (Wildman–Crippen LogP) is 4.88. The number of halogens is 1. The average molecular weight is 189 g/mol. The van der Waals surface area contributed by atoms with Gasteiger partial charge in [0.05, 0.1) is 0 Å². The van der Waals surface area contributed by atoms with Crippen LogP contribution >= 0.6 is 11.6 Å². The van der Waals surface area contributed by atoms with Crippen LogP contribution in [0.2, 0.25) is 0 Å². The summed E-state index contributed by atoms with van der Waals surface area (Å²) in [6.45, 7) is 4.19. The molecule has 0 nitrogen and oxygen atoms in total. The third-order valence-corrected chi connectivity index (χ3v) is 2.14. The summed E-state index contributed by atoms with van der Waals surface area (Å²) in [7, 11) is 0. The summed E-state index contributed by atoms with van der Waals surface area (Å²) in [6, 6.07) is 0. The van der Waals surface area contributed by atoms with Gasteiger partial charge in [-0.2, -0.15) is 0 Å². The van der Waals surface area contributed by atoms with Crippen molar-refractivity contribution < 1.29 is 0 Å². The largest absolute Gasteiger partial charge is 0.0898 e. The van der Waals surface area contributed by atoms with E-state index < -0.39 is 0 Å². The van der Waals surface area contributed by atoms with Crippen molar-refractivity contribution in [3.05, 3.63) is 11.1 Å². The van der Waals surface area contributed by atoms with Crippen LogP contribution in [0.4, 0.5) is 0 Å². The van der Waals surface area contributed by atoms with E-state index in [1.807, 2.05) is 6.92 Å². The van der Waals surface area contributed by atoms with E-state index in [0.29, 0.717) is 0 Å². The summed E-state index contributed by atoms with van der Waals surface area (Å²) in [5, 5.41) is 0.934. The van der Waals surface area contributed by atoms with E-state index in [0.717, 1.165) is 11.5 Å². The van der Waals surface area contributed by atoms with E-state index in [1.54, 1.807) is 0 Å². The van der Waals surface area contributed by atoms with Crippen molar-refractivity contribution in [2.75, 3.05) is 0 Å². The van der Waals surface area contributed by atoms with E-state index >= 15 is 0 Å². The smallest absolute Gasteiger partial charge is 0.0110 e. The lowest BCUT2D eigenvalue weighted by molar-refractivity contribution is 0.611. The zero-order valence-corrected chi connectivity index (χ0v) is 9.16. The summed E-state index contributed by atoms with van der Waals surface area (Å²) in [4.78, 5) is 0. The van der Waals surface area contributed by atoms with Gasteiger partial charge in [0.1, 0.15) is 0 Å². The highest BCUT2D eigenvalue weighted by Crippen LogP contribution is 2.09. The van der Waals surface area contributed by atoms with Crippen molar-refractivity contribution in [3.8, 4) is 0 Å². The predicted molar refractivity (Wildman–Crippen MR) is 57.6 cm³/mol. The van der Waals surface area contributed by atoms with Crippen LogP contribution < -0.4 is 0 Å². The molecule has 0 amide bonds. The Morgan fingerprint density at radius 3 is 2.25 bits per heavy atom. The van der Waals surface area contributed by atoms with E-state index in [1.165, 1.54) is 38.5 Å². The standard InChI is InChI=1S/C11H21Cl/c1-3-4-5-6-7-8-9-10-11(2)12/h10H,3-9H2,1-2H3/b11-10+. The molecule has 0 radical (unpaired) electrons. The SMILES string of the molecule is CCCCCCCC/C=C(\C)Cl. The van der Waals surface area contributed by atoms with E-state index in [4.69, 9.17) is 11.6 Å². The van der Waals surface area contributed by atoms with Crippen LogP contribution in [0, 0.1) is 0 Å². The van der Waals surface area contributed by atoms with Gasteiger partial charge < -0.3 is 0 Å². The maximum Gasteiger partial charge on any atom is 0.0110 e. The number of hydrogen-bond donors (Lipinski definition) is 0. The van der Waals surface area contributed by atoms with E-state index in [2.05, 4.69) is 13.0 Å². The number of hydrogen-bond acceptors (Lipinski definition) is 0. The third-order valence-electron chi connectivity index (χ3n) is 1.98. The van der Waals surface area contributed by atoms with Gasteiger partial charge >= 0.3 is 0 Å². The van der Waals surface area contributed by atoms with Crippen molar-refractivity contribution in [1.29, 1.82) is 0 Å². The lowest BCUT2D eigenvalue weighted by Gasteiger charge is -1.97. The third kappa shape index (κ3) is 10.0. The number of unbranched alkanes of at least 4 members (excludes halogenated alkanes) is 6. The van der Waals surface area contributed by atoms with Crippen molar-refractivity contribution >= 4 is 11.6 Å². The molecule has 0 spiro atoms. The Morgan fingerprint density at radius 2 is 1.67 bits per heavy atom. The average Bonchev–Trinajstić information content (AvgIpc) is 2.02. The fraction of sp³-hybridized carbons (Fsp3) is 0.818. The van der Waals surface area contributed by atoms with Crippen molar-refractivity contribution in [2.24, 2.45) is 0 Å². The second-order valence-corrected chi connectivity index (χ2v) is 3.94. The van der Waals surface area contributed by atoms with Crippen LogP contribution in [0.25, 0.3) is 0 Å². The van der Waals surface area contributed by atoms with Crippen LogP contribution in [-0.4, -0.2) is 0 Å². The first kappa shape index (κ1) is 12.0. The molecule has 0 heterocycles. The number of rotatable bonds is 7. The Morgan fingerprint density at radius 1 is 1.08 bits per heavy atom. The molecule has 72 valence electrons. The Kier molecular flexibility index (Phi) is 9.14. The van der Waals surface area contributed by atoms with Crippen molar-refractivity contribution in [1.82, 2.24) is 0 Å². The van der Waals surface area contributed by atoms with E-state index in [-0.39, 0.29) is 0 Å². The molecule has 0 saturated heterocycles. The van der Waals surface area contributed by atoms with Gasteiger partial charge in [0.2, 0.25) is 0 Å². The molecule has 0 N–H and O–H groups in total. The molecule has 0 aromatic heterocycles. The van der Waals surface area contributed by atoms with Crippen LogP contribution in [0.1, 0.15) is 58.8 Å². The molecule has 0 fully saturated rings. The first-order valence-electron chi connectivity index (χ1n) is 5.09. The summed E-state index contributed by atoms with van der Waals surface area (Å²) in [6.07, 6.45) is 11.4. The minimum atomic E-state index is 0.934. The van der Waals surface area contributed by atoms with Gasteiger partial charge in [-0.05, 0) is 19.8 Å². The Bertz CT molecular complexity index is 112. The second kappa shape index (κ2) is 9.12. The van der Waals surface area contributed by atoms with Gasteiger partial charge in [0.15, 0.2) is 0 Å². The Hall–Kier alpha value is 0.0300. The topological polar surface area (TPSA) is 0 Å². The normalized spacial score (nSPS) is 12.1. The fourth-order valence-electron chi connectivity index (χ4n) is 1.23. The molecule has 0 rings (SSSR count). The molecule has 0 aromatic rings.